The van der Waals surface area contributed by atoms with Crippen molar-refractivity contribution in [3.8, 4) is 0 Å². The average Bonchev–Trinajstić information content (AvgIpc) is 2.82. The lowest BCUT2D eigenvalue weighted by molar-refractivity contribution is 0.297. The van der Waals surface area contributed by atoms with E-state index in [0.29, 0.717) is 11.8 Å². The fraction of sp³-hybridized carbons (Fsp3) is 0.467. The molecule has 0 spiro atoms. The van der Waals surface area contributed by atoms with Crippen molar-refractivity contribution in [2.75, 3.05) is 13.6 Å². The third-order valence-corrected chi connectivity index (χ3v) is 3.29. The fourth-order valence-corrected chi connectivity index (χ4v) is 2.09. The Bertz CT molecular complexity index is 495. The summed E-state index contributed by atoms with van der Waals surface area (Å²) in [4.78, 5) is 6.44. The number of hydrogen-bond acceptors (Lipinski definition) is 4. The van der Waals surface area contributed by atoms with E-state index in [9.17, 15) is 0 Å². The Balaban J connectivity index is 1.79. The van der Waals surface area contributed by atoms with E-state index in [4.69, 9.17) is 4.52 Å². The molecule has 0 fully saturated rings. The zero-order valence-corrected chi connectivity index (χ0v) is 11.8. The second kappa shape index (κ2) is 6.48. The SMILES string of the molecule is Cc1nc(CN(C)CC[C@H](C)c2ccccc2)no1. The molecule has 0 unspecified atom stereocenters. The largest absolute Gasteiger partial charge is 0.340 e. The third kappa shape index (κ3) is 4.17. The van der Waals surface area contributed by atoms with Gasteiger partial charge in [0.2, 0.25) is 5.89 Å². The van der Waals surface area contributed by atoms with Crippen molar-refractivity contribution < 1.29 is 4.52 Å². The van der Waals surface area contributed by atoms with Gasteiger partial charge >= 0.3 is 0 Å². The molecule has 0 N–H and O–H groups in total. The predicted octanol–water partition coefficient (Wildman–Crippen LogP) is 3.00. The molecule has 4 nitrogen and oxygen atoms in total. The summed E-state index contributed by atoms with van der Waals surface area (Å²) >= 11 is 0. The first-order valence-electron chi connectivity index (χ1n) is 6.68. The van der Waals surface area contributed by atoms with Gasteiger partial charge in [0, 0.05) is 6.92 Å². The lowest BCUT2D eigenvalue weighted by atomic mass is 9.98. The molecule has 2 aromatic rings. The molecule has 102 valence electrons. The van der Waals surface area contributed by atoms with E-state index in [1.54, 1.807) is 0 Å². The zero-order valence-electron chi connectivity index (χ0n) is 11.8. The minimum absolute atomic E-state index is 0.565. The Hall–Kier alpha value is -1.68. The van der Waals surface area contributed by atoms with Gasteiger partial charge in [-0.2, -0.15) is 4.98 Å². The van der Waals surface area contributed by atoms with Crippen LogP contribution in [0.4, 0.5) is 0 Å². The summed E-state index contributed by atoms with van der Waals surface area (Å²) in [6.07, 6.45) is 1.12. The van der Waals surface area contributed by atoms with Crippen molar-refractivity contribution in [2.24, 2.45) is 0 Å². The van der Waals surface area contributed by atoms with Gasteiger partial charge in [-0.1, -0.05) is 42.4 Å². The summed E-state index contributed by atoms with van der Waals surface area (Å²) in [5.74, 6) is 1.95. The summed E-state index contributed by atoms with van der Waals surface area (Å²) in [7, 11) is 2.09. The zero-order chi connectivity index (χ0) is 13.7. The van der Waals surface area contributed by atoms with Crippen LogP contribution in [0.3, 0.4) is 0 Å². The molecule has 1 heterocycles. The van der Waals surface area contributed by atoms with Crippen LogP contribution in [0, 0.1) is 6.92 Å². The Labute approximate surface area is 114 Å². The molecule has 19 heavy (non-hydrogen) atoms. The van der Waals surface area contributed by atoms with Crippen LogP contribution in [0.5, 0.6) is 0 Å². The predicted molar refractivity (Wildman–Crippen MR) is 74.8 cm³/mol. The molecular weight excluding hydrogens is 238 g/mol. The highest BCUT2D eigenvalue weighted by atomic mass is 16.5. The van der Waals surface area contributed by atoms with Gasteiger partial charge in [-0.15, -0.1) is 0 Å². The molecular formula is C15H21N3O. The summed E-state index contributed by atoms with van der Waals surface area (Å²) in [5, 5.41) is 3.91. The lowest BCUT2D eigenvalue weighted by Gasteiger charge is -2.18. The smallest absolute Gasteiger partial charge is 0.223 e. The molecule has 0 aliphatic carbocycles. The van der Waals surface area contributed by atoms with E-state index in [1.165, 1.54) is 5.56 Å². The van der Waals surface area contributed by atoms with Gasteiger partial charge in [0.25, 0.3) is 0 Å². The van der Waals surface area contributed by atoms with Gasteiger partial charge in [-0.25, -0.2) is 0 Å². The van der Waals surface area contributed by atoms with E-state index < -0.39 is 0 Å². The van der Waals surface area contributed by atoms with Gasteiger partial charge in [0.1, 0.15) is 0 Å². The molecule has 0 saturated heterocycles. The van der Waals surface area contributed by atoms with Gasteiger partial charge in [0.05, 0.1) is 6.54 Å². The normalized spacial score (nSPS) is 12.8. The minimum Gasteiger partial charge on any atom is -0.340 e. The molecule has 1 aromatic heterocycles. The van der Waals surface area contributed by atoms with Crippen molar-refractivity contribution >= 4 is 0 Å². The van der Waals surface area contributed by atoms with E-state index in [0.717, 1.165) is 25.3 Å². The Morgan fingerprint density at radius 2 is 2.00 bits per heavy atom. The van der Waals surface area contributed by atoms with Crippen molar-refractivity contribution in [1.29, 1.82) is 0 Å². The highest BCUT2D eigenvalue weighted by molar-refractivity contribution is 5.18. The molecule has 0 bridgehead atoms. The fourth-order valence-electron chi connectivity index (χ4n) is 2.09. The Morgan fingerprint density at radius 3 is 2.63 bits per heavy atom. The first-order valence-corrected chi connectivity index (χ1v) is 6.68. The monoisotopic (exact) mass is 259 g/mol. The Kier molecular flexibility index (Phi) is 4.68. The van der Waals surface area contributed by atoms with Crippen molar-refractivity contribution in [1.82, 2.24) is 15.0 Å². The van der Waals surface area contributed by atoms with E-state index in [1.807, 2.05) is 6.92 Å². The summed E-state index contributed by atoms with van der Waals surface area (Å²) < 4.78 is 4.97. The second-order valence-corrected chi connectivity index (χ2v) is 5.07. The van der Waals surface area contributed by atoms with Gasteiger partial charge in [-0.3, -0.25) is 4.90 Å². The third-order valence-electron chi connectivity index (χ3n) is 3.29. The Morgan fingerprint density at radius 1 is 1.26 bits per heavy atom. The summed E-state index contributed by atoms with van der Waals surface area (Å²) in [5.41, 5.74) is 1.39. The summed E-state index contributed by atoms with van der Waals surface area (Å²) in [6, 6.07) is 10.6. The van der Waals surface area contributed by atoms with Crippen LogP contribution in [-0.2, 0) is 6.54 Å². The molecule has 0 saturated carbocycles. The number of rotatable bonds is 6. The number of hydrogen-bond donors (Lipinski definition) is 0. The molecule has 1 atom stereocenters. The quantitative estimate of drug-likeness (QED) is 0.799. The van der Waals surface area contributed by atoms with Crippen LogP contribution in [0.15, 0.2) is 34.9 Å². The van der Waals surface area contributed by atoms with Gasteiger partial charge < -0.3 is 4.52 Å². The van der Waals surface area contributed by atoms with Crippen LogP contribution in [0.2, 0.25) is 0 Å². The van der Waals surface area contributed by atoms with Gasteiger partial charge in [-0.05, 0) is 31.5 Å². The standard InChI is InChI=1S/C15H21N3O/c1-12(14-7-5-4-6-8-14)9-10-18(3)11-15-16-13(2)19-17-15/h4-8,12H,9-11H2,1-3H3/t12-/m0/s1. The van der Waals surface area contributed by atoms with E-state index in [-0.39, 0.29) is 0 Å². The number of benzene rings is 1. The van der Waals surface area contributed by atoms with Crippen molar-refractivity contribution in [2.45, 2.75) is 32.7 Å². The number of aromatic nitrogens is 2. The maximum absolute atomic E-state index is 4.97. The molecule has 0 radical (unpaired) electrons. The maximum Gasteiger partial charge on any atom is 0.223 e. The topological polar surface area (TPSA) is 42.2 Å². The maximum atomic E-state index is 4.97. The molecule has 0 aliphatic rings. The van der Waals surface area contributed by atoms with Gasteiger partial charge in [0.15, 0.2) is 5.82 Å². The van der Waals surface area contributed by atoms with E-state index in [2.05, 4.69) is 59.3 Å². The van der Waals surface area contributed by atoms with Crippen molar-refractivity contribution in [3.63, 3.8) is 0 Å². The first-order chi connectivity index (χ1) is 9.15. The van der Waals surface area contributed by atoms with Crippen LogP contribution in [-0.4, -0.2) is 28.6 Å². The molecule has 2 rings (SSSR count). The second-order valence-electron chi connectivity index (χ2n) is 5.07. The van der Waals surface area contributed by atoms with Crippen LogP contribution < -0.4 is 0 Å². The lowest BCUT2D eigenvalue weighted by Crippen LogP contribution is -2.21. The molecule has 0 amide bonds. The van der Waals surface area contributed by atoms with Crippen LogP contribution in [0.25, 0.3) is 0 Å². The number of aryl methyl sites for hydroxylation is 1. The molecule has 4 heteroatoms. The molecule has 0 aliphatic heterocycles. The summed E-state index contributed by atoms with van der Waals surface area (Å²) in [6.45, 7) is 5.83. The van der Waals surface area contributed by atoms with Crippen LogP contribution >= 0.6 is 0 Å². The number of nitrogens with zero attached hydrogens (tertiary/aromatic N) is 3. The van der Waals surface area contributed by atoms with Crippen LogP contribution in [0.1, 0.15) is 36.5 Å². The minimum atomic E-state index is 0.565. The van der Waals surface area contributed by atoms with E-state index >= 15 is 0 Å². The average molecular weight is 259 g/mol. The molecule has 1 aromatic carbocycles. The highest BCUT2D eigenvalue weighted by Gasteiger charge is 2.09. The first kappa shape index (κ1) is 13.7. The van der Waals surface area contributed by atoms with Crippen molar-refractivity contribution in [3.05, 3.63) is 47.6 Å². The highest BCUT2D eigenvalue weighted by Crippen LogP contribution is 2.18.